The molecule has 4 rings (SSSR count). The van der Waals surface area contributed by atoms with Crippen LogP contribution in [-0.4, -0.2) is 49.5 Å². The molecule has 2 aliphatic rings. The largest absolute Gasteiger partial charge is 0.375 e. The summed E-state index contributed by atoms with van der Waals surface area (Å²) in [6.07, 6.45) is 10.7. The first-order valence-corrected chi connectivity index (χ1v) is 9.73. The average Bonchev–Trinajstić information content (AvgIpc) is 2.99. The van der Waals surface area contributed by atoms with Crippen molar-refractivity contribution in [2.24, 2.45) is 0 Å². The van der Waals surface area contributed by atoms with Crippen LogP contribution in [0.25, 0.3) is 11.4 Å². The van der Waals surface area contributed by atoms with Gasteiger partial charge in [0.15, 0.2) is 10.6 Å². The molecule has 2 atom stereocenters. The van der Waals surface area contributed by atoms with Gasteiger partial charge in [0.05, 0.1) is 19.4 Å². The number of morpholine rings is 1. The molecular weight excluding hydrogens is 346 g/mol. The molecule has 1 aliphatic heterocycles. The zero-order valence-electron chi connectivity index (χ0n) is 15.0. The van der Waals surface area contributed by atoms with Gasteiger partial charge in [-0.3, -0.25) is 14.5 Å². The molecule has 0 aromatic carbocycles. The van der Waals surface area contributed by atoms with E-state index in [0.29, 0.717) is 25.4 Å². The van der Waals surface area contributed by atoms with E-state index in [9.17, 15) is 0 Å². The Kier molecular flexibility index (Phi) is 5.28. The molecule has 2 aromatic heterocycles. The Hall–Kier alpha value is -1.83. The van der Waals surface area contributed by atoms with Gasteiger partial charge in [-0.25, -0.2) is 4.68 Å². The fourth-order valence-corrected chi connectivity index (χ4v) is 4.32. The first-order chi connectivity index (χ1) is 12.8. The minimum absolute atomic E-state index is 0.361. The lowest BCUT2D eigenvalue weighted by Crippen LogP contribution is -2.52. The van der Waals surface area contributed by atoms with Crippen LogP contribution in [0, 0.1) is 4.77 Å². The Labute approximate surface area is 159 Å². The van der Waals surface area contributed by atoms with E-state index in [2.05, 4.69) is 16.5 Å². The zero-order valence-corrected chi connectivity index (χ0v) is 15.8. The van der Waals surface area contributed by atoms with Crippen LogP contribution in [0.5, 0.6) is 0 Å². The standard InChI is InChI=1S/C19H25N5OS/c1-2-10-23-18(15-6-5-9-20-13-15)21-24(19(23)26)14-22-11-12-25-17-8-4-3-7-16(17)22/h2,5-6,9,13,16-17H,1,3-4,7-8,10-12,14H2. The van der Waals surface area contributed by atoms with Crippen LogP contribution >= 0.6 is 12.2 Å². The number of allylic oxidation sites excluding steroid dienone is 1. The third kappa shape index (κ3) is 3.39. The number of fused-ring (bicyclic) bond motifs is 1. The third-order valence-electron chi connectivity index (χ3n) is 5.32. The number of ether oxygens (including phenoxy) is 1. The Morgan fingerprint density at radius 1 is 1.35 bits per heavy atom. The van der Waals surface area contributed by atoms with E-state index in [0.717, 1.165) is 29.3 Å². The van der Waals surface area contributed by atoms with Crippen molar-refractivity contribution in [2.45, 2.75) is 51.0 Å². The molecule has 2 fully saturated rings. The zero-order chi connectivity index (χ0) is 17.9. The Morgan fingerprint density at radius 2 is 2.23 bits per heavy atom. The molecule has 1 saturated heterocycles. The van der Waals surface area contributed by atoms with Gasteiger partial charge in [0, 0.05) is 37.1 Å². The maximum absolute atomic E-state index is 5.99. The van der Waals surface area contributed by atoms with Gasteiger partial charge in [0.2, 0.25) is 0 Å². The van der Waals surface area contributed by atoms with Crippen molar-refractivity contribution < 1.29 is 4.74 Å². The molecule has 1 aliphatic carbocycles. The summed E-state index contributed by atoms with van der Waals surface area (Å²) >= 11 is 5.73. The van der Waals surface area contributed by atoms with Crippen molar-refractivity contribution >= 4 is 12.2 Å². The fraction of sp³-hybridized carbons (Fsp3) is 0.526. The average molecular weight is 372 g/mol. The van der Waals surface area contributed by atoms with Gasteiger partial charge in [-0.2, -0.15) is 5.10 Å². The maximum Gasteiger partial charge on any atom is 0.199 e. The van der Waals surface area contributed by atoms with E-state index in [4.69, 9.17) is 22.1 Å². The van der Waals surface area contributed by atoms with Gasteiger partial charge in [0.1, 0.15) is 0 Å². The molecule has 0 spiro atoms. The molecule has 0 amide bonds. The molecule has 2 aromatic rings. The second kappa shape index (κ2) is 7.82. The molecule has 0 radical (unpaired) electrons. The second-order valence-corrected chi connectivity index (χ2v) is 7.33. The van der Waals surface area contributed by atoms with Gasteiger partial charge < -0.3 is 4.74 Å². The minimum Gasteiger partial charge on any atom is -0.375 e. The summed E-state index contributed by atoms with van der Waals surface area (Å²) in [5.41, 5.74) is 0.969. The molecule has 0 bridgehead atoms. The molecule has 2 unspecified atom stereocenters. The third-order valence-corrected chi connectivity index (χ3v) is 5.75. The highest BCUT2D eigenvalue weighted by Gasteiger charge is 2.34. The molecule has 1 saturated carbocycles. The lowest BCUT2D eigenvalue weighted by Gasteiger charge is -2.43. The van der Waals surface area contributed by atoms with E-state index < -0.39 is 0 Å². The fourth-order valence-electron chi connectivity index (χ4n) is 4.06. The molecule has 6 nitrogen and oxygen atoms in total. The topological polar surface area (TPSA) is 48.1 Å². The number of hydrogen-bond acceptors (Lipinski definition) is 5. The maximum atomic E-state index is 5.99. The van der Waals surface area contributed by atoms with Gasteiger partial charge in [-0.1, -0.05) is 18.9 Å². The summed E-state index contributed by atoms with van der Waals surface area (Å²) in [7, 11) is 0. The van der Waals surface area contributed by atoms with Gasteiger partial charge in [0.25, 0.3) is 0 Å². The SMILES string of the molecule is C=CCn1c(-c2cccnc2)nn(CN2CCOC3CCCCC32)c1=S. The monoisotopic (exact) mass is 371 g/mol. The van der Waals surface area contributed by atoms with Crippen molar-refractivity contribution in [3.8, 4) is 11.4 Å². The van der Waals surface area contributed by atoms with Gasteiger partial charge in [-0.05, 0) is 37.2 Å². The highest BCUT2D eigenvalue weighted by Crippen LogP contribution is 2.29. The molecule has 26 heavy (non-hydrogen) atoms. The molecule has 0 N–H and O–H groups in total. The quantitative estimate of drug-likeness (QED) is 0.596. The highest BCUT2D eigenvalue weighted by atomic mass is 32.1. The van der Waals surface area contributed by atoms with E-state index in [1.807, 2.05) is 33.7 Å². The normalized spacial score (nSPS) is 23.5. The summed E-state index contributed by atoms with van der Waals surface area (Å²) in [5.74, 6) is 0.844. The number of aromatic nitrogens is 4. The van der Waals surface area contributed by atoms with Crippen molar-refractivity contribution in [1.29, 1.82) is 0 Å². The van der Waals surface area contributed by atoms with Crippen LogP contribution in [0.15, 0.2) is 37.2 Å². The van der Waals surface area contributed by atoms with Crippen molar-refractivity contribution in [3.63, 3.8) is 0 Å². The van der Waals surface area contributed by atoms with Crippen LogP contribution in [0.2, 0.25) is 0 Å². The summed E-state index contributed by atoms with van der Waals surface area (Å²) in [6.45, 7) is 6.93. The number of rotatable bonds is 5. The molecule has 138 valence electrons. The number of hydrogen-bond donors (Lipinski definition) is 0. The number of pyridine rings is 1. The summed E-state index contributed by atoms with van der Waals surface area (Å²) in [4.78, 5) is 6.71. The van der Waals surface area contributed by atoms with Crippen LogP contribution in [-0.2, 0) is 18.0 Å². The summed E-state index contributed by atoms with van der Waals surface area (Å²) in [6, 6.07) is 4.41. The van der Waals surface area contributed by atoms with E-state index in [1.165, 1.54) is 25.7 Å². The smallest absolute Gasteiger partial charge is 0.199 e. The van der Waals surface area contributed by atoms with Crippen LogP contribution < -0.4 is 0 Å². The Bertz CT molecular complexity index is 813. The molecular formula is C19H25N5OS. The van der Waals surface area contributed by atoms with Crippen molar-refractivity contribution in [3.05, 3.63) is 42.0 Å². The predicted octanol–water partition coefficient (Wildman–Crippen LogP) is 3.26. The van der Waals surface area contributed by atoms with E-state index in [1.54, 1.807) is 6.20 Å². The predicted molar refractivity (Wildman–Crippen MR) is 103 cm³/mol. The minimum atomic E-state index is 0.361. The molecule has 3 heterocycles. The van der Waals surface area contributed by atoms with E-state index in [-0.39, 0.29) is 0 Å². The first-order valence-electron chi connectivity index (χ1n) is 9.32. The first kappa shape index (κ1) is 17.6. The van der Waals surface area contributed by atoms with Crippen molar-refractivity contribution in [1.82, 2.24) is 24.2 Å². The second-order valence-electron chi connectivity index (χ2n) is 6.96. The van der Waals surface area contributed by atoms with E-state index >= 15 is 0 Å². The lowest BCUT2D eigenvalue weighted by atomic mass is 9.90. The Balaban J connectivity index is 1.64. The highest BCUT2D eigenvalue weighted by molar-refractivity contribution is 7.71. The van der Waals surface area contributed by atoms with Gasteiger partial charge in [-0.15, -0.1) is 6.58 Å². The van der Waals surface area contributed by atoms with Crippen LogP contribution in [0.4, 0.5) is 0 Å². The number of nitrogens with zero attached hydrogens (tertiary/aromatic N) is 5. The van der Waals surface area contributed by atoms with Gasteiger partial charge >= 0.3 is 0 Å². The van der Waals surface area contributed by atoms with Crippen LogP contribution in [0.1, 0.15) is 25.7 Å². The van der Waals surface area contributed by atoms with Crippen LogP contribution in [0.3, 0.4) is 0 Å². The lowest BCUT2D eigenvalue weighted by molar-refractivity contribution is -0.0993. The Morgan fingerprint density at radius 3 is 3.04 bits per heavy atom. The summed E-state index contributed by atoms with van der Waals surface area (Å²) in [5, 5.41) is 4.84. The molecule has 7 heteroatoms. The van der Waals surface area contributed by atoms with Crippen molar-refractivity contribution in [2.75, 3.05) is 13.2 Å². The summed E-state index contributed by atoms with van der Waals surface area (Å²) < 4.78 is 10.7.